The minimum Gasteiger partial charge on any atom is -0.450 e. The number of aromatic nitrogens is 1. The lowest BCUT2D eigenvalue weighted by Crippen LogP contribution is -2.47. The Labute approximate surface area is 216 Å². The van der Waals surface area contributed by atoms with Crippen molar-refractivity contribution in [1.82, 2.24) is 9.88 Å². The Bertz CT molecular complexity index is 1550. The Hall–Kier alpha value is -3.37. The van der Waals surface area contributed by atoms with Crippen LogP contribution < -0.4 is 21.1 Å². The molecule has 8 nitrogen and oxygen atoms in total. The van der Waals surface area contributed by atoms with Crippen LogP contribution in [0.25, 0.3) is 17.0 Å². The molecule has 3 aliphatic heterocycles. The smallest absolute Gasteiger partial charge is 0.271 e. The van der Waals surface area contributed by atoms with Crippen LogP contribution in [-0.2, 0) is 10.8 Å². The molecule has 1 saturated heterocycles. The first-order valence-corrected chi connectivity index (χ1v) is 13.8. The maximum atomic E-state index is 14.6. The molecule has 2 fully saturated rings. The Morgan fingerprint density at radius 3 is 2.86 bits per heavy atom. The molecule has 5 N–H and O–H groups in total. The second-order valence-corrected chi connectivity index (χ2v) is 11.8. The number of amidine groups is 1. The predicted octanol–water partition coefficient (Wildman–Crippen LogP) is 3.95. The summed E-state index contributed by atoms with van der Waals surface area (Å²) in [7, 11) is 0.597. The molecule has 2 aromatic carbocycles. The maximum absolute atomic E-state index is 14.6. The molecular weight excluding hydrogens is 491 g/mol. The molecule has 4 aliphatic rings. The number of hydrogen-bond acceptors (Lipinski definition) is 7. The Kier molecular flexibility index (Phi) is 4.97. The van der Waals surface area contributed by atoms with Gasteiger partial charge in [-0.2, -0.15) is 0 Å². The van der Waals surface area contributed by atoms with E-state index < -0.39 is 17.2 Å². The number of nitrogens with zero attached hydrogens (tertiary/aromatic N) is 2. The highest BCUT2D eigenvalue weighted by Gasteiger charge is 2.51. The van der Waals surface area contributed by atoms with Gasteiger partial charge < -0.3 is 31.0 Å². The first-order chi connectivity index (χ1) is 17.8. The van der Waals surface area contributed by atoms with Gasteiger partial charge in [0.1, 0.15) is 23.2 Å². The molecule has 0 amide bonds. The summed E-state index contributed by atoms with van der Waals surface area (Å²) in [5.74, 6) is 2.63. The van der Waals surface area contributed by atoms with Crippen LogP contribution in [0.4, 0.5) is 15.9 Å². The van der Waals surface area contributed by atoms with Crippen molar-refractivity contribution in [2.45, 2.75) is 43.6 Å². The molecule has 2 bridgehead atoms. The average molecular weight is 521 g/mol. The molecule has 6 atom stereocenters. The van der Waals surface area contributed by atoms with Crippen molar-refractivity contribution in [2.24, 2.45) is 22.6 Å². The number of H-pyrrole nitrogens is 1. The van der Waals surface area contributed by atoms with E-state index >= 15 is 0 Å². The number of benzene rings is 2. The number of piperidine rings is 1. The number of rotatable bonds is 3. The Morgan fingerprint density at radius 2 is 2.14 bits per heavy atom. The number of likely N-dealkylation sites (tertiary alicyclic amines) is 1. The largest absolute Gasteiger partial charge is 0.450 e. The second-order valence-electron chi connectivity index (χ2n) is 10.5. The number of aryl methyl sites for hydroxylation is 1. The third-order valence-electron chi connectivity index (χ3n) is 8.44. The summed E-state index contributed by atoms with van der Waals surface area (Å²) in [4.78, 5) is 11.6. The van der Waals surface area contributed by atoms with Crippen molar-refractivity contribution in [3.8, 4) is 5.75 Å². The van der Waals surface area contributed by atoms with Crippen LogP contribution in [0, 0.1) is 24.6 Å². The van der Waals surface area contributed by atoms with Crippen LogP contribution in [0.1, 0.15) is 30.0 Å². The Balaban J connectivity index is 1.33. The van der Waals surface area contributed by atoms with Gasteiger partial charge in [-0.15, -0.1) is 0 Å². The first kappa shape index (κ1) is 22.8. The van der Waals surface area contributed by atoms with Crippen molar-refractivity contribution < 1.29 is 13.3 Å². The minimum absolute atomic E-state index is 0.185. The van der Waals surface area contributed by atoms with Gasteiger partial charge in [0.2, 0.25) is 0 Å². The number of nitrogens with one attached hydrogen (secondary N) is 3. The molecule has 4 heterocycles. The summed E-state index contributed by atoms with van der Waals surface area (Å²) < 4.78 is 33.4. The molecular formula is C27H29FN6O2S. The van der Waals surface area contributed by atoms with Crippen LogP contribution in [-0.4, -0.2) is 52.0 Å². The zero-order valence-electron chi connectivity index (χ0n) is 20.8. The quantitative estimate of drug-likeness (QED) is 0.417. The van der Waals surface area contributed by atoms with Gasteiger partial charge in [0.25, 0.3) is 6.35 Å². The van der Waals surface area contributed by atoms with Gasteiger partial charge in [-0.1, -0.05) is 6.92 Å². The second kappa shape index (κ2) is 8.06. The van der Waals surface area contributed by atoms with Gasteiger partial charge in [-0.25, -0.2) is 13.6 Å². The molecule has 3 aromatic rings. The maximum Gasteiger partial charge on any atom is 0.271 e. The zero-order valence-corrected chi connectivity index (χ0v) is 21.7. The van der Waals surface area contributed by atoms with E-state index in [1.54, 1.807) is 18.5 Å². The van der Waals surface area contributed by atoms with Crippen molar-refractivity contribution in [2.75, 3.05) is 24.2 Å². The summed E-state index contributed by atoms with van der Waals surface area (Å²) in [5, 5.41) is 8.91. The summed E-state index contributed by atoms with van der Waals surface area (Å²) >= 11 is 0. The highest BCUT2D eigenvalue weighted by atomic mass is 32.2. The van der Waals surface area contributed by atoms with E-state index in [2.05, 4.69) is 27.4 Å². The van der Waals surface area contributed by atoms with Crippen molar-refractivity contribution in [3.63, 3.8) is 0 Å². The number of aliphatic imine (C=N–C) groups is 1. The lowest BCUT2D eigenvalue weighted by molar-refractivity contribution is 0.230. The number of aromatic amines is 1. The van der Waals surface area contributed by atoms with E-state index in [1.807, 2.05) is 25.1 Å². The zero-order chi connectivity index (χ0) is 25.6. The lowest BCUT2D eigenvalue weighted by atomic mass is 9.98. The summed E-state index contributed by atoms with van der Waals surface area (Å²) in [6.07, 6.45) is 2.07. The van der Waals surface area contributed by atoms with E-state index in [-0.39, 0.29) is 17.9 Å². The Morgan fingerprint density at radius 1 is 1.30 bits per heavy atom. The molecule has 192 valence electrons. The molecule has 10 heteroatoms. The molecule has 0 spiro atoms. The van der Waals surface area contributed by atoms with E-state index in [0.717, 1.165) is 57.1 Å². The van der Waals surface area contributed by atoms with Gasteiger partial charge in [0.05, 0.1) is 32.5 Å². The normalized spacial score (nSPS) is 29.3. The van der Waals surface area contributed by atoms with Gasteiger partial charge >= 0.3 is 0 Å². The molecule has 1 aromatic heterocycles. The fourth-order valence-corrected chi connectivity index (χ4v) is 7.66. The van der Waals surface area contributed by atoms with Crippen LogP contribution in [0.2, 0.25) is 0 Å². The monoisotopic (exact) mass is 520 g/mol. The van der Waals surface area contributed by atoms with Gasteiger partial charge in [-0.3, -0.25) is 0 Å². The lowest BCUT2D eigenvalue weighted by Gasteiger charge is -2.35. The number of anilines is 2. The summed E-state index contributed by atoms with van der Waals surface area (Å²) in [5.41, 5.74) is 10.7. The van der Waals surface area contributed by atoms with Crippen molar-refractivity contribution >= 4 is 45.1 Å². The molecule has 37 heavy (non-hydrogen) atoms. The van der Waals surface area contributed by atoms with Crippen LogP contribution >= 0.6 is 0 Å². The summed E-state index contributed by atoms with van der Waals surface area (Å²) in [6, 6.07) is 7.25. The number of fused-ring (bicyclic) bond motifs is 6. The molecule has 1 saturated carbocycles. The van der Waals surface area contributed by atoms with E-state index in [1.165, 1.54) is 6.07 Å². The van der Waals surface area contributed by atoms with Crippen LogP contribution in [0.15, 0.2) is 39.6 Å². The van der Waals surface area contributed by atoms with Crippen LogP contribution in [0.5, 0.6) is 5.75 Å². The fourth-order valence-electron chi connectivity index (χ4n) is 6.58. The number of ether oxygens (including phenoxy) is 1. The van der Waals surface area contributed by atoms with Gasteiger partial charge in [0, 0.05) is 36.5 Å². The van der Waals surface area contributed by atoms with Gasteiger partial charge in [0.15, 0.2) is 0 Å². The highest BCUT2D eigenvalue weighted by molar-refractivity contribution is 7.88. The van der Waals surface area contributed by atoms with E-state index in [9.17, 15) is 8.60 Å². The average Bonchev–Trinajstić information content (AvgIpc) is 3.58. The number of hydrogen-bond donors (Lipinski definition) is 4. The predicted molar refractivity (Wildman–Crippen MR) is 145 cm³/mol. The van der Waals surface area contributed by atoms with E-state index in [4.69, 9.17) is 15.5 Å². The fraction of sp³-hybridized carbons (Fsp3) is 0.370. The van der Waals surface area contributed by atoms with Crippen molar-refractivity contribution in [1.29, 1.82) is 0 Å². The number of nitrogens with two attached hydrogens (primary N) is 1. The van der Waals surface area contributed by atoms with Crippen LogP contribution in [0.3, 0.4) is 0 Å². The third-order valence-corrected chi connectivity index (χ3v) is 9.60. The number of halogens is 1. The van der Waals surface area contributed by atoms with Crippen molar-refractivity contribution in [3.05, 3.63) is 52.2 Å². The molecule has 7 rings (SSSR count). The molecule has 0 radical (unpaired) electrons. The topological polar surface area (TPSA) is 108 Å². The SMILES string of the molecule is CNc1cc(F)cc2c3c([nH]c12)NC(Oc1cc(C)c2c(c1)S(=O)C=C2)N=C3N1CC2C(N)CC1C2C. The summed E-state index contributed by atoms with van der Waals surface area (Å²) in [6.45, 7) is 5.05. The first-order valence-electron chi connectivity index (χ1n) is 12.6. The molecule has 6 unspecified atom stereocenters. The highest BCUT2D eigenvalue weighted by Crippen LogP contribution is 2.45. The van der Waals surface area contributed by atoms with Gasteiger partial charge in [-0.05, 0) is 66.6 Å². The third kappa shape index (κ3) is 3.35. The standard InChI is InChI=1S/C27H29FN6O2S/c1-12-6-15(9-22-16(12)4-5-37(22)35)36-27-32-25-23(17-7-14(28)8-20(30-3)24(17)31-25)26(33-27)34-11-18-13(2)21(34)10-19(18)29/h4-9,13,18-19,21,27,30-32H,10-11,29H2,1-3H3. The minimum atomic E-state index is -1.18. The molecule has 1 aliphatic carbocycles. The van der Waals surface area contributed by atoms with E-state index in [0.29, 0.717) is 23.3 Å².